The van der Waals surface area contributed by atoms with Crippen molar-refractivity contribution in [2.24, 2.45) is 0 Å². The number of amides is 1. The molecule has 0 aliphatic heterocycles. The molecular formula is C16H26N2O5S. The number of methoxy groups -OCH3 is 1. The summed E-state index contributed by atoms with van der Waals surface area (Å²) in [4.78, 5) is 11.2. The van der Waals surface area contributed by atoms with Crippen molar-refractivity contribution >= 4 is 15.9 Å². The third kappa shape index (κ3) is 6.86. The Morgan fingerprint density at radius 2 is 1.92 bits per heavy atom. The molecule has 0 saturated heterocycles. The van der Waals surface area contributed by atoms with Gasteiger partial charge < -0.3 is 4.74 Å². The molecule has 1 aromatic rings. The number of ether oxygens (including phenoxy) is 1. The van der Waals surface area contributed by atoms with Crippen LogP contribution in [0.25, 0.3) is 0 Å². The molecule has 8 heteroatoms. The molecule has 0 heterocycles. The Bertz CT molecular complexity index is 601. The summed E-state index contributed by atoms with van der Waals surface area (Å²) in [6.07, 6.45) is 1.82. The Kier molecular flexibility index (Phi) is 8.73. The number of hydrogen-bond donors (Lipinski definition) is 2. The molecule has 0 saturated carbocycles. The Labute approximate surface area is 143 Å². The molecule has 0 fully saturated rings. The second-order valence-electron chi connectivity index (χ2n) is 5.45. The number of unbranched alkanes of at least 4 members (excludes halogenated alkanes) is 1. The number of hydroxylamine groups is 1. The number of nitrogens with zero attached hydrogens (tertiary/aromatic N) is 1. The third-order valence-electron chi connectivity index (χ3n) is 3.67. The SMILES string of the molecule is CCCCS(=O)(=O)N(CCC(=O)NO)CCc1ccc(OC)cc1. The fourth-order valence-corrected chi connectivity index (χ4v) is 3.82. The van der Waals surface area contributed by atoms with Gasteiger partial charge in [-0.05, 0) is 30.5 Å². The predicted molar refractivity (Wildman–Crippen MR) is 91.5 cm³/mol. The first-order valence-electron chi connectivity index (χ1n) is 7.96. The zero-order valence-electron chi connectivity index (χ0n) is 14.2. The van der Waals surface area contributed by atoms with E-state index in [0.29, 0.717) is 12.8 Å². The summed E-state index contributed by atoms with van der Waals surface area (Å²) in [5.74, 6) is 0.202. The standard InChI is InChI=1S/C16H26N2O5S/c1-3-4-13-24(21,22)18(12-10-16(19)17-20)11-9-14-5-7-15(23-2)8-6-14/h5-8,20H,3-4,9-13H2,1-2H3,(H,17,19). The van der Waals surface area contributed by atoms with Crippen LogP contribution in [-0.2, 0) is 21.2 Å². The van der Waals surface area contributed by atoms with Gasteiger partial charge in [0, 0.05) is 19.5 Å². The molecule has 0 bridgehead atoms. The maximum absolute atomic E-state index is 12.4. The average molecular weight is 358 g/mol. The largest absolute Gasteiger partial charge is 0.497 e. The minimum Gasteiger partial charge on any atom is -0.497 e. The molecule has 0 spiro atoms. The van der Waals surface area contributed by atoms with Crippen molar-refractivity contribution < 1.29 is 23.2 Å². The summed E-state index contributed by atoms with van der Waals surface area (Å²) in [6, 6.07) is 7.42. The van der Waals surface area contributed by atoms with Crippen LogP contribution in [0.2, 0.25) is 0 Å². The van der Waals surface area contributed by atoms with Crippen molar-refractivity contribution in [1.29, 1.82) is 0 Å². The van der Waals surface area contributed by atoms with Gasteiger partial charge in [-0.3, -0.25) is 10.0 Å². The molecule has 7 nitrogen and oxygen atoms in total. The maximum atomic E-state index is 12.4. The van der Waals surface area contributed by atoms with Crippen molar-refractivity contribution in [2.45, 2.75) is 32.6 Å². The number of carbonyl (C=O) groups excluding carboxylic acids is 1. The molecule has 24 heavy (non-hydrogen) atoms. The van der Waals surface area contributed by atoms with Crippen molar-refractivity contribution in [3.05, 3.63) is 29.8 Å². The zero-order chi connectivity index (χ0) is 18.0. The highest BCUT2D eigenvalue weighted by Crippen LogP contribution is 2.13. The molecule has 0 atom stereocenters. The fourth-order valence-electron chi connectivity index (χ4n) is 2.17. The summed E-state index contributed by atoms with van der Waals surface area (Å²) in [5, 5.41) is 8.57. The molecule has 0 aliphatic rings. The normalized spacial score (nSPS) is 11.5. The first-order chi connectivity index (χ1) is 11.4. The van der Waals surface area contributed by atoms with Gasteiger partial charge in [0.25, 0.3) is 0 Å². The van der Waals surface area contributed by atoms with Crippen molar-refractivity contribution in [3.8, 4) is 5.75 Å². The summed E-state index contributed by atoms with van der Waals surface area (Å²) >= 11 is 0. The van der Waals surface area contributed by atoms with Crippen LogP contribution in [0.1, 0.15) is 31.7 Å². The van der Waals surface area contributed by atoms with E-state index >= 15 is 0 Å². The second-order valence-corrected chi connectivity index (χ2v) is 7.54. The monoisotopic (exact) mass is 358 g/mol. The van der Waals surface area contributed by atoms with Gasteiger partial charge in [-0.2, -0.15) is 0 Å². The Morgan fingerprint density at radius 3 is 2.46 bits per heavy atom. The topological polar surface area (TPSA) is 95.9 Å². The van der Waals surface area contributed by atoms with E-state index < -0.39 is 15.9 Å². The van der Waals surface area contributed by atoms with Gasteiger partial charge in [0.1, 0.15) is 5.75 Å². The summed E-state index contributed by atoms with van der Waals surface area (Å²) in [5.41, 5.74) is 2.51. The Balaban J connectivity index is 2.73. The van der Waals surface area contributed by atoms with Crippen molar-refractivity contribution in [1.82, 2.24) is 9.79 Å². The molecule has 0 unspecified atom stereocenters. The van der Waals surface area contributed by atoms with Gasteiger partial charge in [-0.15, -0.1) is 0 Å². The zero-order valence-corrected chi connectivity index (χ0v) is 15.0. The minimum absolute atomic E-state index is 0.0502. The van der Waals surface area contributed by atoms with E-state index in [9.17, 15) is 13.2 Å². The lowest BCUT2D eigenvalue weighted by Gasteiger charge is -2.22. The van der Waals surface area contributed by atoms with Crippen LogP contribution < -0.4 is 10.2 Å². The number of hydrogen-bond acceptors (Lipinski definition) is 5. The van der Waals surface area contributed by atoms with Crippen LogP contribution in [0.4, 0.5) is 0 Å². The number of rotatable bonds is 11. The lowest BCUT2D eigenvalue weighted by Crippen LogP contribution is -2.37. The predicted octanol–water partition coefficient (Wildman–Crippen LogP) is 1.57. The first kappa shape index (κ1) is 20.4. The minimum atomic E-state index is -3.42. The summed E-state index contributed by atoms with van der Waals surface area (Å²) < 4.78 is 31.3. The van der Waals surface area contributed by atoms with Crippen molar-refractivity contribution in [2.75, 3.05) is 26.0 Å². The highest BCUT2D eigenvalue weighted by Gasteiger charge is 2.22. The van der Waals surface area contributed by atoms with Crippen LogP contribution in [0.5, 0.6) is 5.75 Å². The van der Waals surface area contributed by atoms with Gasteiger partial charge >= 0.3 is 0 Å². The molecule has 1 rings (SSSR count). The van der Waals surface area contributed by atoms with Crippen LogP contribution in [0, 0.1) is 0 Å². The molecule has 1 aromatic carbocycles. The number of carbonyl (C=O) groups is 1. The first-order valence-corrected chi connectivity index (χ1v) is 9.57. The van der Waals surface area contributed by atoms with Crippen LogP contribution in [0.15, 0.2) is 24.3 Å². The molecule has 136 valence electrons. The van der Waals surface area contributed by atoms with E-state index in [1.807, 2.05) is 31.2 Å². The summed E-state index contributed by atoms with van der Waals surface area (Å²) in [7, 11) is -1.84. The van der Waals surface area contributed by atoms with Crippen LogP contribution in [0.3, 0.4) is 0 Å². The molecule has 1 amide bonds. The number of benzene rings is 1. The van der Waals surface area contributed by atoms with E-state index in [2.05, 4.69) is 0 Å². The highest BCUT2D eigenvalue weighted by molar-refractivity contribution is 7.89. The van der Waals surface area contributed by atoms with Gasteiger partial charge in [0.05, 0.1) is 12.9 Å². The molecule has 0 radical (unpaired) electrons. The lowest BCUT2D eigenvalue weighted by atomic mass is 10.1. The number of sulfonamides is 1. The number of nitrogens with one attached hydrogen (secondary N) is 1. The molecule has 0 aliphatic carbocycles. The van der Waals surface area contributed by atoms with E-state index in [1.54, 1.807) is 7.11 Å². The Morgan fingerprint density at radius 1 is 1.25 bits per heavy atom. The highest BCUT2D eigenvalue weighted by atomic mass is 32.2. The van der Waals surface area contributed by atoms with Crippen LogP contribution in [-0.4, -0.2) is 49.8 Å². The maximum Gasteiger partial charge on any atom is 0.244 e. The summed E-state index contributed by atoms with van der Waals surface area (Å²) in [6.45, 7) is 2.27. The molecule has 0 aromatic heterocycles. The fraction of sp³-hybridized carbons (Fsp3) is 0.562. The van der Waals surface area contributed by atoms with Crippen LogP contribution >= 0.6 is 0 Å². The van der Waals surface area contributed by atoms with Gasteiger partial charge in [0.15, 0.2) is 0 Å². The van der Waals surface area contributed by atoms with E-state index in [0.717, 1.165) is 17.7 Å². The van der Waals surface area contributed by atoms with E-state index in [4.69, 9.17) is 9.94 Å². The van der Waals surface area contributed by atoms with Crippen molar-refractivity contribution in [3.63, 3.8) is 0 Å². The molecule has 2 N–H and O–H groups in total. The second kappa shape index (κ2) is 10.3. The quantitative estimate of drug-likeness (QED) is 0.462. The van der Waals surface area contributed by atoms with Gasteiger partial charge in [-0.25, -0.2) is 18.2 Å². The van der Waals surface area contributed by atoms with E-state index in [-0.39, 0.29) is 25.3 Å². The van der Waals surface area contributed by atoms with E-state index in [1.165, 1.54) is 9.79 Å². The lowest BCUT2D eigenvalue weighted by molar-refractivity contribution is -0.129. The van der Waals surface area contributed by atoms with Gasteiger partial charge in [-0.1, -0.05) is 25.5 Å². The average Bonchev–Trinajstić information content (AvgIpc) is 2.59. The Hall–Kier alpha value is -1.64. The molecular weight excluding hydrogens is 332 g/mol. The third-order valence-corrected chi connectivity index (χ3v) is 5.63. The smallest absolute Gasteiger partial charge is 0.244 e. The van der Waals surface area contributed by atoms with Gasteiger partial charge in [0.2, 0.25) is 15.9 Å².